The second-order valence-electron chi connectivity index (χ2n) is 6.57. The Morgan fingerprint density at radius 2 is 2.17 bits per heavy atom. The van der Waals surface area contributed by atoms with Gasteiger partial charge in [0.05, 0.1) is 11.5 Å². The fourth-order valence-corrected chi connectivity index (χ4v) is 3.82. The molecule has 0 aromatic rings. The van der Waals surface area contributed by atoms with E-state index >= 15 is 0 Å². The maximum absolute atomic E-state index is 12.6. The van der Waals surface area contributed by atoms with Crippen LogP contribution in [0.1, 0.15) is 45.4 Å². The Kier molecular flexibility index (Phi) is 3.10. The molecule has 3 rings (SSSR count). The Bertz CT molecular complexity index is 343. The second-order valence-corrected chi connectivity index (χ2v) is 6.57. The van der Waals surface area contributed by atoms with Gasteiger partial charge in [0.15, 0.2) is 0 Å². The smallest absolute Gasteiger partial charge is 0.227 e. The van der Waals surface area contributed by atoms with Crippen LogP contribution in [0, 0.1) is 5.92 Å². The molecule has 0 spiro atoms. The lowest BCUT2D eigenvalue weighted by Gasteiger charge is -2.28. The molecule has 4 unspecified atom stereocenters. The summed E-state index contributed by atoms with van der Waals surface area (Å²) in [6, 6.07) is 1.00. The number of nitrogens with zero attached hydrogens (tertiary/aromatic N) is 1. The highest BCUT2D eigenvalue weighted by Crippen LogP contribution is 2.35. The van der Waals surface area contributed by atoms with Gasteiger partial charge in [0.2, 0.25) is 5.91 Å². The van der Waals surface area contributed by atoms with Crippen LogP contribution in [0.25, 0.3) is 0 Å². The van der Waals surface area contributed by atoms with E-state index in [1.54, 1.807) is 0 Å². The van der Waals surface area contributed by atoms with Crippen molar-refractivity contribution in [1.29, 1.82) is 0 Å². The summed E-state index contributed by atoms with van der Waals surface area (Å²) in [6.45, 7) is 3.43. The van der Waals surface area contributed by atoms with Gasteiger partial charge in [-0.05, 0) is 45.4 Å². The largest absolute Gasteiger partial charge is 0.390 e. The van der Waals surface area contributed by atoms with Gasteiger partial charge in [-0.1, -0.05) is 0 Å². The van der Waals surface area contributed by atoms with Gasteiger partial charge in [0, 0.05) is 25.2 Å². The number of aliphatic hydroxyl groups is 1. The first-order valence-corrected chi connectivity index (χ1v) is 7.32. The van der Waals surface area contributed by atoms with E-state index in [2.05, 4.69) is 5.32 Å². The van der Waals surface area contributed by atoms with Gasteiger partial charge >= 0.3 is 0 Å². The highest BCUT2D eigenvalue weighted by molar-refractivity contribution is 5.80. The van der Waals surface area contributed by atoms with E-state index in [0.29, 0.717) is 24.4 Å². The first-order chi connectivity index (χ1) is 8.55. The summed E-state index contributed by atoms with van der Waals surface area (Å²) in [6.07, 6.45) is 5.87. The highest BCUT2D eigenvalue weighted by Gasteiger charge is 2.44. The Morgan fingerprint density at radius 3 is 2.83 bits per heavy atom. The lowest BCUT2D eigenvalue weighted by Crippen LogP contribution is -2.41. The molecule has 0 saturated carbocycles. The maximum atomic E-state index is 12.6. The highest BCUT2D eigenvalue weighted by atomic mass is 16.3. The van der Waals surface area contributed by atoms with E-state index in [1.807, 2.05) is 11.8 Å². The van der Waals surface area contributed by atoms with Crippen molar-refractivity contribution in [3.63, 3.8) is 0 Å². The van der Waals surface area contributed by atoms with E-state index in [-0.39, 0.29) is 5.92 Å². The average Bonchev–Trinajstić information content (AvgIpc) is 2.90. The SMILES string of the molecule is CC1(O)CCCN(C(=O)C2CC3CCC2N3)CC1. The second kappa shape index (κ2) is 4.49. The Hall–Kier alpha value is -0.610. The van der Waals surface area contributed by atoms with Crippen LogP contribution in [-0.4, -0.2) is 46.7 Å². The van der Waals surface area contributed by atoms with Crippen LogP contribution in [-0.2, 0) is 4.79 Å². The number of carbonyl (C=O) groups excluding carboxylic acids is 1. The van der Waals surface area contributed by atoms with E-state index in [9.17, 15) is 9.90 Å². The molecular weight excluding hydrogens is 228 g/mol. The molecule has 0 aromatic heterocycles. The van der Waals surface area contributed by atoms with E-state index in [1.165, 1.54) is 6.42 Å². The zero-order valence-electron chi connectivity index (χ0n) is 11.2. The Labute approximate surface area is 109 Å². The third-order valence-corrected chi connectivity index (χ3v) is 4.99. The summed E-state index contributed by atoms with van der Waals surface area (Å²) in [4.78, 5) is 14.6. The first-order valence-electron chi connectivity index (χ1n) is 7.32. The molecule has 3 heterocycles. The van der Waals surface area contributed by atoms with Gasteiger partial charge in [-0.25, -0.2) is 0 Å². The number of amides is 1. The van der Waals surface area contributed by atoms with Crippen molar-refractivity contribution in [1.82, 2.24) is 10.2 Å². The minimum Gasteiger partial charge on any atom is -0.390 e. The number of hydrogen-bond acceptors (Lipinski definition) is 3. The molecule has 102 valence electrons. The normalized spacial score (nSPS) is 44.1. The number of carbonyl (C=O) groups is 1. The fraction of sp³-hybridized carbons (Fsp3) is 0.929. The monoisotopic (exact) mass is 252 g/mol. The van der Waals surface area contributed by atoms with E-state index in [4.69, 9.17) is 0 Å². The minimum atomic E-state index is -0.581. The molecule has 2 bridgehead atoms. The molecule has 4 atom stereocenters. The Morgan fingerprint density at radius 1 is 1.33 bits per heavy atom. The quantitative estimate of drug-likeness (QED) is 0.729. The Balaban J connectivity index is 1.62. The lowest BCUT2D eigenvalue weighted by atomic mass is 9.88. The fourth-order valence-electron chi connectivity index (χ4n) is 3.82. The number of fused-ring (bicyclic) bond motifs is 2. The van der Waals surface area contributed by atoms with Crippen molar-refractivity contribution in [2.24, 2.45) is 5.92 Å². The molecule has 3 aliphatic heterocycles. The maximum Gasteiger partial charge on any atom is 0.227 e. The lowest BCUT2D eigenvalue weighted by molar-refractivity contribution is -0.136. The van der Waals surface area contributed by atoms with Gasteiger partial charge in [-0.3, -0.25) is 4.79 Å². The van der Waals surface area contributed by atoms with Gasteiger partial charge in [-0.2, -0.15) is 0 Å². The molecule has 18 heavy (non-hydrogen) atoms. The van der Waals surface area contributed by atoms with Crippen molar-refractivity contribution in [2.45, 2.75) is 63.1 Å². The molecular formula is C14H24N2O2. The summed E-state index contributed by atoms with van der Waals surface area (Å²) in [5.74, 6) is 0.527. The van der Waals surface area contributed by atoms with E-state index in [0.717, 1.165) is 38.8 Å². The molecule has 2 N–H and O–H groups in total. The summed E-state index contributed by atoms with van der Waals surface area (Å²) in [5.41, 5.74) is -0.581. The van der Waals surface area contributed by atoms with Crippen LogP contribution in [0.5, 0.6) is 0 Å². The molecule has 0 aliphatic carbocycles. The predicted octanol–water partition coefficient (Wildman–Crippen LogP) is 0.890. The first kappa shape index (κ1) is 12.4. The topological polar surface area (TPSA) is 52.6 Å². The number of nitrogens with one attached hydrogen (secondary N) is 1. The van der Waals surface area contributed by atoms with Gasteiger partial charge in [-0.15, -0.1) is 0 Å². The van der Waals surface area contributed by atoms with Crippen LogP contribution in [0.4, 0.5) is 0 Å². The van der Waals surface area contributed by atoms with Gasteiger partial charge < -0.3 is 15.3 Å². The van der Waals surface area contributed by atoms with Crippen LogP contribution in [0.3, 0.4) is 0 Å². The summed E-state index contributed by atoms with van der Waals surface area (Å²) < 4.78 is 0. The summed E-state index contributed by atoms with van der Waals surface area (Å²) in [5, 5.41) is 13.6. The molecule has 0 radical (unpaired) electrons. The van der Waals surface area contributed by atoms with Crippen molar-refractivity contribution in [3.8, 4) is 0 Å². The third-order valence-electron chi connectivity index (χ3n) is 4.99. The van der Waals surface area contributed by atoms with Crippen molar-refractivity contribution in [3.05, 3.63) is 0 Å². The van der Waals surface area contributed by atoms with Gasteiger partial charge in [0.1, 0.15) is 0 Å². The van der Waals surface area contributed by atoms with Crippen LogP contribution >= 0.6 is 0 Å². The molecule has 3 saturated heterocycles. The zero-order chi connectivity index (χ0) is 12.8. The molecule has 1 amide bonds. The van der Waals surface area contributed by atoms with Gasteiger partial charge in [0.25, 0.3) is 0 Å². The van der Waals surface area contributed by atoms with Crippen LogP contribution in [0.2, 0.25) is 0 Å². The number of hydrogen-bond donors (Lipinski definition) is 2. The standard InChI is InChI=1S/C14H24N2O2/c1-14(18)5-2-7-16(8-6-14)13(17)11-9-10-3-4-12(11)15-10/h10-12,15,18H,2-9H2,1H3. The van der Waals surface area contributed by atoms with Crippen molar-refractivity contribution < 1.29 is 9.90 Å². The van der Waals surface area contributed by atoms with Crippen molar-refractivity contribution in [2.75, 3.05) is 13.1 Å². The summed E-state index contributed by atoms with van der Waals surface area (Å²) in [7, 11) is 0. The number of likely N-dealkylation sites (tertiary alicyclic amines) is 1. The summed E-state index contributed by atoms with van der Waals surface area (Å²) >= 11 is 0. The van der Waals surface area contributed by atoms with Crippen LogP contribution < -0.4 is 5.32 Å². The predicted molar refractivity (Wildman–Crippen MR) is 69.1 cm³/mol. The average molecular weight is 252 g/mol. The van der Waals surface area contributed by atoms with Crippen molar-refractivity contribution >= 4 is 5.91 Å². The number of rotatable bonds is 1. The molecule has 4 heteroatoms. The molecule has 3 aliphatic rings. The molecule has 4 nitrogen and oxygen atoms in total. The minimum absolute atomic E-state index is 0.201. The molecule has 0 aromatic carbocycles. The molecule has 3 fully saturated rings. The van der Waals surface area contributed by atoms with Crippen LogP contribution in [0.15, 0.2) is 0 Å². The zero-order valence-corrected chi connectivity index (χ0v) is 11.2. The third kappa shape index (κ3) is 2.28. The van der Waals surface area contributed by atoms with E-state index < -0.39 is 5.60 Å².